The lowest BCUT2D eigenvalue weighted by molar-refractivity contribution is 0.593. The summed E-state index contributed by atoms with van der Waals surface area (Å²) in [6.45, 7) is 1.84. The van der Waals surface area contributed by atoms with Crippen LogP contribution in [0.25, 0.3) is 11.3 Å². The first-order valence-corrected chi connectivity index (χ1v) is 6.83. The average molecular weight is 249 g/mol. The maximum atomic E-state index is 11.4. The van der Waals surface area contributed by atoms with Crippen LogP contribution in [0, 0.1) is 6.92 Å². The number of pyridine rings is 1. The Kier molecular flexibility index (Phi) is 2.89. The summed E-state index contributed by atoms with van der Waals surface area (Å²) in [5, 5.41) is -0.168. The Bertz CT molecular complexity index is 653. The number of nitrogens with zero attached hydrogens (tertiary/aromatic N) is 3. The number of sulfone groups is 1. The van der Waals surface area contributed by atoms with Crippen molar-refractivity contribution in [3.05, 3.63) is 36.3 Å². The standard InChI is InChI=1S/C11H11N3O2S/c1-8-9(4-3-6-12-8)10-5-7-13-11(14-10)17(2,15)16/h3-7H,1-2H3. The van der Waals surface area contributed by atoms with E-state index in [2.05, 4.69) is 15.0 Å². The molecule has 0 saturated carbocycles. The lowest BCUT2D eigenvalue weighted by atomic mass is 10.1. The summed E-state index contributed by atoms with van der Waals surface area (Å²) in [6.07, 6.45) is 4.20. The molecule has 0 saturated heterocycles. The van der Waals surface area contributed by atoms with E-state index in [9.17, 15) is 8.42 Å². The van der Waals surface area contributed by atoms with E-state index in [1.165, 1.54) is 6.20 Å². The summed E-state index contributed by atoms with van der Waals surface area (Å²) in [5.74, 6) is 0. The highest BCUT2D eigenvalue weighted by Crippen LogP contribution is 2.19. The molecule has 2 heterocycles. The lowest BCUT2D eigenvalue weighted by Gasteiger charge is -2.04. The van der Waals surface area contributed by atoms with Crippen molar-refractivity contribution in [1.29, 1.82) is 0 Å². The van der Waals surface area contributed by atoms with Crippen LogP contribution in [0.5, 0.6) is 0 Å². The van der Waals surface area contributed by atoms with Crippen molar-refractivity contribution >= 4 is 9.84 Å². The van der Waals surface area contributed by atoms with E-state index in [4.69, 9.17) is 0 Å². The highest BCUT2D eigenvalue weighted by molar-refractivity contribution is 7.90. The van der Waals surface area contributed by atoms with Gasteiger partial charge in [-0.05, 0) is 25.1 Å². The third-order valence-electron chi connectivity index (χ3n) is 2.25. The van der Waals surface area contributed by atoms with E-state index < -0.39 is 9.84 Å². The van der Waals surface area contributed by atoms with Crippen LogP contribution in [0.3, 0.4) is 0 Å². The quantitative estimate of drug-likeness (QED) is 0.749. The Balaban J connectivity index is 2.59. The normalized spacial score (nSPS) is 11.4. The molecular weight excluding hydrogens is 238 g/mol. The van der Waals surface area contributed by atoms with Gasteiger partial charge in [0, 0.05) is 29.9 Å². The van der Waals surface area contributed by atoms with Gasteiger partial charge >= 0.3 is 0 Å². The molecule has 0 radical (unpaired) electrons. The first kappa shape index (κ1) is 11.7. The summed E-state index contributed by atoms with van der Waals surface area (Å²) < 4.78 is 22.7. The second kappa shape index (κ2) is 4.21. The van der Waals surface area contributed by atoms with Crippen LogP contribution in [-0.2, 0) is 9.84 Å². The summed E-state index contributed by atoms with van der Waals surface area (Å²) in [5.41, 5.74) is 2.16. The van der Waals surface area contributed by atoms with Gasteiger partial charge in [-0.15, -0.1) is 0 Å². The number of hydrogen-bond acceptors (Lipinski definition) is 5. The van der Waals surface area contributed by atoms with E-state index in [1.807, 2.05) is 13.0 Å². The minimum Gasteiger partial charge on any atom is -0.261 e. The lowest BCUT2D eigenvalue weighted by Crippen LogP contribution is -2.04. The Morgan fingerprint density at radius 2 is 1.88 bits per heavy atom. The summed E-state index contributed by atoms with van der Waals surface area (Å²) in [7, 11) is -3.39. The summed E-state index contributed by atoms with van der Waals surface area (Å²) >= 11 is 0. The highest BCUT2D eigenvalue weighted by Gasteiger charge is 2.12. The van der Waals surface area contributed by atoms with Crippen molar-refractivity contribution in [3.8, 4) is 11.3 Å². The van der Waals surface area contributed by atoms with Crippen LogP contribution < -0.4 is 0 Å². The molecule has 88 valence electrons. The van der Waals surface area contributed by atoms with Crippen molar-refractivity contribution in [1.82, 2.24) is 15.0 Å². The van der Waals surface area contributed by atoms with E-state index >= 15 is 0 Å². The van der Waals surface area contributed by atoms with Crippen molar-refractivity contribution in [2.45, 2.75) is 12.1 Å². The maximum absolute atomic E-state index is 11.4. The Morgan fingerprint density at radius 3 is 2.53 bits per heavy atom. The zero-order valence-corrected chi connectivity index (χ0v) is 10.3. The van der Waals surface area contributed by atoms with E-state index in [0.717, 1.165) is 17.5 Å². The van der Waals surface area contributed by atoms with Gasteiger partial charge in [0.25, 0.3) is 0 Å². The molecule has 0 aliphatic rings. The molecule has 0 fully saturated rings. The Labute approximate surface area is 99.5 Å². The first-order chi connectivity index (χ1) is 7.98. The highest BCUT2D eigenvalue weighted by atomic mass is 32.2. The zero-order chi connectivity index (χ0) is 12.5. The van der Waals surface area contributed by atoms with E-state index in [0.29, 0.717) is 5.69 Å². The van der Waals surface area contributed by atoms with E-state index in [1.54, 1.807) is 18.3 Å². The molecule has 2 aromatic rings. The van der Waals surface area contributed by atoms with Crippen LogP contribution in [0.4, 0.5) is 0 Å². The molecule has 0 bridgehead atoms. The second-order valence-corrected chi connectivity index (χ2v) is 5.54. The molecule has 0 N–H and O–H groups in total. The number of rotatable bonds is 2. The predicted molar refractivity (Wildman–Crippen MR) is 63.1 cm³/mol. The SMILES string of the molecule is Cc1ncccc1-c1ccnc(S(C)(=O)=O)n1. The third kappa shape index (κ3) is 2.47. The fraction of sp³-hybridized carbons (Fsp3) is 0.182. The smallest absolute Gasteiger partial charge is 0.247 e. The largest absolute Gasteiger partial charge is 0.261 e. The van der Waals surface area contributed by atoms with Crippen molar-refractivity contribution in [2.24, 2.45) is 0 Å². The maximum Gasteiger partial charge on any atom is 0.247 e. The molecule has 5 nitrogen and oxygen atoms in total. The minimum absolute atomic E-state index is 0.168. The topological polar surface area (TPSA) is 72.8 Å². The van der Waals surface area contributed by atoms with Crippen molar-refractivity contribution in [2.75, 3.05) is 6.26 Å². The van der Waals surface area contributed by atoms with Crippen molar-refractivity contribution < 1.29 is 8.42 Å². The molecule has 0 amide bonds. The predicted octanol–water partition coefficient (Wildman–Crippen LogP) is 1.25. The molecule has 6 heteroatoms. The molecular formula is C11H11N3O2S. The molecule has 0 aromatic carbocycles. The van der Waals surface area contributed by atoms with Crippen LogP contribution >= 0.6 is 0 Å². The first-order valence-electron chi connectivity index (χ1n) is 4.93. The van der Waals surface area contributed by atoms with Crippen molar-refractivity contribution in [3.63, 3.8) is 0 Å². The number of hydrogen-bond donors (Lipinski definition) is 0. The molecule has 0 atom stereocenters. The zero-order valence-electron chi connectivity index (χ0n) is 9.45. The van der Waals surface area contributed by atoms with Gasteiger partial charge in [0.05, 0.1) is 5.69 Å². The van der Waals surface area contributed by atoms with Crippen LogP contribution in [-0.4, -0.2) is 29.6 Å². The Hall–Kier alpha value is -1.82. The summed E-state index contributed by atoms with van der Waals surface area (Å²) in [6, 6.07) is 5.29. The van der Waals surface area contributed by atoms with Crippen LogP contribution in [0.15, 0.2) is 35.7 Å². The summed E-state index contributed by atoms with van der Waals surface area (Å²) in [4.78, 5) is 11.9. The van der Waals surface area contributed by atoms with Crippen LogP contribution in [0.1, 0.15) is 5.69 Å². The fourth-order valence-electron chi connectivity index (χ4n) is 1.42. The van der Waals surface area contributed by atoms with Gasteiger partial charge in [-0.25, -0.2) is 18.4 Å². The monoisotopic (exact) mass is 249 g/mol. The minimum atomic E-state index is -3.39. The second-order valence-electron chi connectivity index (χ2n) is 3.63. The van der Waals surface area contributed by atoms with Crippen LogP contribution in [0.2, 0.25) is 0 Å². The molecule has 17 heavy (non-hydrogen) atoms. The van der Waals surface area contributed by atoms with Gasteiger partial charge < -0.3 is 0 Å². The Morgan fingerprint density at radius 1 is 1.12 bits per heavy atom. The van der Waals surface area contributed by atoms with Gasteiger partial charge in [0.1, 0.15) is 0 Å². The third-order valence-corrected chi connectivity index (χ3v) is 3.11. The van der Waals surface area contributed by atoms with Gasteiger partial charge in [-0.2, -0.15) is 0 Å². The van der Waals surface area contributed by atoms with Gasteiger partial charge in [0.15, 0.2) is 0 Å². The molecule has 0 spiro atoms. The average Bonchev–Trinajstić information content (AvgIpc) is 2.29. The van der Waals surface area contributed by atoms with Gasteiger partial charge in [0.2, 0.25) is 15.0 Å². The number of aromatic nitrogens is 3. The molecule has 0 aliphatic heterocycles. The molecule has 2 aromatic heterocycles. The molecule has 0 unspecified atom stereocenters. The fourth-order valence-corrected chi connectivity index (χ4v) is 1.94. The van der Waals surface area contributed by atoms with E-state index in [-0.39, 0.29) is 5.16 Å². The molecule has 2 rings (SSSR count). The van der Waals surface area contributed by atoms with Gasteiger partial charge in [-0.1, -0.05) is 0 Å². The molecule has 0 aliphatic carbocycles. The number of aryl methyl sites for hydroxylation is 1. The van der Waals surface area contributed by atoms with Gasteiger partial charge in [-0.3, -0.25) is 4.98 Å².